The van der Waals surface area contributed by atoms with Crippen molar-refractivity contribution in [1.29, 1.82) is 0 Å². The van der Waals surface area contributed by atoms with Gasteiger partial charge in [-0.25, -0.2) is 0 Å². The third-order valence-corrected chi connectivity index (χ3v) is 15.0. The van der Waals surface area contributed by atoms with Crippen molar-refractivity contribution in [1.82, 2.24) is 5.32 Å². The number of nitrogens with one attached hydrogen (secondary N) is 1. The van der Waals surface area contributed by atoms with Crippen LogP contribution in [0.2, 0.25) is 0 Å². The highest BCUT2D eigenvalue weighted by Gasteiger charge is 2.18. The first-order valence-corrected chi connectivity index (χ1v) is 32.1. The highest BCUT2D eigenvalue weighted by atomic mass is 16.5. The van der Waals surface area contributed by atoms with E-state index in [0.717, 1.165) is 44.9 Å². The van der Waals surface area contributed by atoms with Crippen LogP contribution in [-0.2, 0) is 14.3 Å². The lowest BCUT2D eigenvalue weighted by Gasteiger charge is -2.20. The molecule has 0 saturated carbocycles. The third-order valence-electron chi connectivity index (χ3n) is 15.0. The van der Waals surface area contributed by atoms with Crippen LogP contribution in [0.1, 0.15) is 354 Å². The molecule has 0 aliphatic carbocycles. The van der Waals surface area contributed by atoms with Gasteiger partial charge in [0.2, 0.25) is 5.91 Å². The van der Waals surface area contributed by atoms with Crippen LogP contribution >= 0.6 is 0 Å². The van der Waals surface area contributed by atoms with Crippen LogP contribution in [0.15, 0.2) is 24.3 Å². The Morgan fingerprint density at radius 3 is 1.04 bits per heavy atom. The van der Waals surface area contributed by atoms with Crippen LogP contribution in [0.25, 0.3) is 0 Å². The van der Waals surface area contributed by atoms with Crippen molar-refractivity contribution in [3.8, 4) is 0 Å². The molecule has 0 spiro atoms. The minimum atomic E-state index is -0.840. The average Bonchev–Trinajstić information content (AvgIpc) is 3.37. The SMILES string of the molecule is CCCC/C=C\CCCCCCCC(=O)OCCCCCCCCCCCCCCCCCCCCCCCCCCCCCCCCCC(=O)NC(CO)C(O)/C=C/CCCCCCCCCCCC. The van der Waals surface area contributed by atoms with Gasteiger partial charge in [0.25, 0.3) is 0 Å². The Morgan fingerprint density at radius 2 is 0.676 bits per heavy atom. The molecule has 0 radical (unpaired) electrons. The van der Waals surface area contributed by atoms with Gasteiger partial charge in [-0.1, -0.05) is 314 Å². The van der Waals surface area contributed by atoms with Crippen molar-refractivity contribution in [2.75, 3.05) is 13.2 Å². The minimum absolute atomic E-state index is 0.00936. The molecule has 3 N–H and O–H groups in total. The topological polar surface area (TPSA) is 95.9 Å². The molecule has 0 aromatic carbocycles. The maximum absolute atomic E-state index is 12.4. The molecule has 0 heterocycles. The molecule has 0 fully saturated rings. The number of aliphatic hydroxyl groups excluding tert-OH is 2. The summed E-state index contributed by atoms with van der Waals surface area (Å²) in [6.07, 6.45) is 75.3. The quantitative estimate of drug-likeness (QED) is 0.0320. The lowest BCUT2D eigenvalue weighted by atomic mass is 10.0. The van der Waals surface area contributed by atoms with Crippen molar-refractivity contribution in [3.63, 3.8) is 0 Å². The summed E-state index contributed by atoms with van der Waals surface area (Å²) in [5, 5.41) is 23.1. The van der Waals surface area contributed by atoms with Crippen LogP contribution in [0, 0.1) is 0 Å². The molecule has 0 aromatic rings. The van der Waals surface area contributed by atoms with Crippen LogP contribution in [0.3, 0.4) is 0 Å². The van der Waals surface area contributed by atoms with Gasteiger partial charge in [-0.2, -0.15) is 0 Å². The predicted octanol–water partition coefficient (Wildman–Crippen LogP) is 20.2. The molecule has 420 valence electrons. The number of amides is 1. The van der Waals surface area contributed by atoms with Gasteiger partial charge in [0, 0.05) is 12.8 Å². The number of allylic oxidation sites excluding steroid dienone is 3. The third kappa shape index (κ3) is 57.5. The highest BCUT2D eigenvalue weighted by Crippen LogP contribution is 2.18. The van der Waals surface area contributed by atoms with Gasteiger partial charge < -0.3 is 20.3 Å². The zero-order valence-corrected chi connectivity index (χ0v) is 48.0. The highest BCUT2D eigenvalue weighted by molar-refractivity contribution is 5.76. The normalized spacial score (nSPS) is 12.7. The van der Waals surface area contributed by atoms with Crippen LogP contribution in [0.5, 0.6) is 0 Å². The Morgan fingerprint density at radius 1 is 0.380 bits per heavy atom. The van der Waals surface area contributed by atoms with E-state index >= 15 is 0 Å². The summed E-state index contributed by atoms with van der Waals surface area (Å²) in [7, 11) is 0. The molecule has 2 unspecified atom stereocenters. The van der Waals surface area contributed by atoms with E-state index in [4.69, 9.17) is 4.74 Å². The molecule has 6 heteroatoms. The number of hydrogen-bond donors (Lipinski definition) is 3. The molecular weight excluding hydrogens is 875 g/mol. The smallest absolute Gasteiger partial charge is 0.305 e. The summed E-state index contributed by atoms with van der Waals surface area (Å²) in [4.78, 5) is 24.4. The lowest BCUT2D eigenvalue weighted by Crippen LogP contribution is -2.45. The van der Waals surface area contributed by atoms with Crippen molar-refractivity contribution in [2.24, 2.45) is 0 Å². The fourth-order valence-electron chi connectivity index (χ4n) is 10.0. The number of esters is 1. The molecule has 0 bridgehead atoms. The van der Waals surface area contributed by atoms with Crippen LogP contribution < -0.4 is 5.32 Å². The summed E-state index contributed by atoms with van der Waals surface area (Å²) in [6, 6.07) is -0.623. The van der Waals surface area contributed by atoms with Crippen molar-refractivity contribution < 1.29 is 24.5 Å². The van der Waals surface area contributed by atoms with Crippen molar-refractivity contribution >= 4 is 11.9 Å². The maximum atomic E-state index is 12.4. The van der Waals surface area contributed by atoms with Gasteiger partial charge in [0.15, 0.2) is 0 Å². The Labute approximate surface area is 443 Å². The Balaban J connectivity index is 3.33. The molecule has 0 aliphatic rings. The lowest BCUT2D eigenvalue weighted by molar-refractivity contribution is -0.143. The van der Waals surface area contributed by atoms with E-state index in [1.165, 1.54) is 283 Å². The van der Waals surface area contributed by atoms with Crippen molar-refractivity contribution in [3.05, 3.63) is 24.3 Å². The predicted molar refractivity (Wildman–Crippen MR) is 310 cm³/mol. The van der Waals surface area contributed by atoms with E-state index in [-0.39, 0.29) is 18.5 Å². The molecule has 0 rings (SSSR count). The molecule has 0 aliphatic heterocycles. The number of aliphatic hydroxyl groups is 2. The van der Waals surface area contributed by atoms with Gasteiger partial charge >= 0.3 is 5.97 Å². The first-order chi connectivity index (χ1) is 35.0. The first kappa shape index (κ1) is 69.3. The average molecular weight is 1000 g/mol. The molecule has 0 aromatic heterocycles. The summed E-state index contributed by atoms with van der Waals surface area (Å²) in [5.74, 6) is -0.0538. The molecule has 6 nitrogen and oxygen atoms in total. The fraction of sp³-hybridized carbons (Fsp3) is 0.908. The van der Waals surface area contributed by atoms with Gasteiger partial charge in [-0.15, -0.1) is 0 Å². The van der Waals surface area contributed by atoms with Crippen LogP contribution in [0.4, 0.5) is 0 Å². The zero-order chi connectivity index (χ0) is 51.4. The standard InChI is InChI=1S/C65H125NO5/c1-3-5-7-9-11-13-15-38-41-45-49-53-57-63(68)62(61-67)66-64(69)58-54-50-46-42-39-35-33-31-29-27-25-23-21-19-17-16-18-20-22-24-26-28-30-32-34-36-40-44-48-52-56-60-71-65(70)59-55-51-47-43-37-14-12-10-8-6-4-2/h10,12,53,57,62-63,67-68H,3-9,11,13-52,54-56,58-61H2,1-2H3,(H,66,69)/b12-10-,57-53+. The largest absolute Gasteiger partial charge is 0.466 e. The van der Waals surface area contributed by atoms with E-state index in [1.807, 2.05) is 6.08 Å². The minimum Gasteiger partial charge on any atom is -0.466 e. The molecule has 1 amide bonds. The second-order valence-electron chi connectivity index (χ2n) is 22.1. The summed E-state index contributed by atoms with van der Waals surface area (Å²) >= 11 is 0. The zero-order valence-electron chi connectivity index (χ0n) is 48.0. The number of unbranched alkanes of at least 4 members (excludes halogenated alkanes) is 47. The van der Waals surface area contributed by atoms with E-state index in [9.17, 15) is 19.8 Å². The van der Waals surface area contributed by atoms with E-state index < -0.39 is 12.1 Å². The second kappa shape index (κ2) is 60.9. The fourth-order valence-corrected chi connectivity index (χ4v) is 10.0. The number of rotatable bonds is 60. The molecule has 71 heavy (non-hydrogen) atoms. The van der Waals surface area contributed by atoms with Crippen molar-refractivity contribution in [2.45, 2.75) is 366 Å². The summed E-state index contributed by atoms with van der Waals surface area (Å²) in [6.45, 7) is 4.88. The Kier molecular flexibility index (Phi) is 59.5. The Hall–Kier alpha value is -1.66. The number of carbonyl (C=O) groups is 2. The van der Waals surface area contributed by atoms with Gasteiger partial charge in [0.05, 0.1) is 25.4 Å². The van der Waals surface area contributed by atoms with Gasteiger partial charge in [-0.05, 0) is 51.4 Å². The molecular formula is C65H125NO5. The molecule has 2 atom stereocenters. The van der Waals surface area contributed by atoms with E-state index in [0.29, 0.717) is 19.4 Å². The van der Waals surface area contributed by atoms with E-state index in [1.54, 1.807) is 6.08 Å². The molecule has 0 saturated heterocycles. The number of ether oxygens (including phenoxy) is 1. The first-order valence-electron chi connectivity index (χ1n) is 32.1. The van der Waals surface area contributed by atoms with Crippen LogP contribution in [-0.4, -0.2) is 47.4 Å². The second-order valence-corrected chi connectivity index (χ2v) is 22.1. The summed E-state index contributed by atoms with van der Waals surface area (Å²) in [5.41, 5.74) is 0. The maximum Gasteiger partial charge on any atom is 0.305 e. The summed E-state index contributed by atoms with van der Waals surface area (Å²) < 4.78 is 5.46. The van der Waals surface area contributed by atoms with Gasteiger partial charge in [-0.3, -0.25) is 9.59 Å². The van der Waals surface area contributed by atoms with Gasteiger partial charge in [0.1, 0.15) is 0 Å². The Bertz CT molecular complexity index is 1110. The number of hydrogen-bond acceptors (Lipinski definition) is 5. The van der Waals surface area contributed by atoms with E-state index in [2.05, 4.69) is 31.3 Å². The monoisotopic (exact) mass is 1000 g/mol. The number of carbonyl (C=O) groups excluding carboxylic acids is 2.